The molecule has 0 spiro atoms. The second kappa shape index (κ2) is 8.59. The highest BCUT2D eigenvalue weighted by molar-refractivity contribution is 7.90. The lowest BCUT2D eigenvalue weighted by atomic mass is 9.82. The number of amides is 1. The van der Waals surface area contributed by atoms with Crippen molar-refractivity contribution in [2.75, 3.05) is 19.8 Å². The summed E-state index contributed by atoms with van der Waals surface area (Å²) in [6.45, 7) is -0.183. The van der Waals surface area contributed by atoms with E-state index in [-0.39, 0.29) is 38.2 Å². The molecule has 5 rings (SSSR count). The average molecular weight is 462 g/mol. The van der Waals surface area contributed by atoms with Crippen LogP contribution in [0.1, 0.15) is 43.6 Å². The number of para-hydroxylation sites is 1. The first-order chi connectivity index (χ1) is 14.7. The number of rotatable bonds is 2. The summed E-state index contributed by atoms with van der Waals surface area (Å²) >= 11 is 0. The van der Waals surface area contributed by atoms with Crippen LogP contribution in [-0.2, 0) is 19.6 Å². The van der Waals surface area contributed by atoms with Gasteiger partial charge in [-0.1, -0.05) is 18.2 Å². The predicted octanol–water partition coefficient (Wildman–Crippen LogP) is 2.53. The van der Waals surface area contributed by atoms with Crippen molar-refractivity contribution < 1.29 is 35.9 Å². The first-order valence-electron chi connectivity index (χ1n) is 10.4. The van der Waals surface area contributed by atoms with Crippen LogP contribution in [0.4, 0.5) is 13.2 Å². The van der Waals surface area contributed by atoms with Gasteiger partial charge < -0.3 is 14.4 Å². The normalized spacial score (nSPS) is 29.9. The Hall–Kier alpha value is -1.85. The van der Waals surface area contributed by atoms with Crippen molar-refractivity contribution in [2.24, 2.45) is 0 Å². The molecule has 7 nitrogen and oxygen atoms in total. The second-order valence-corrected chi connectivity index (χ2v) is 9.96. The Kier molecular flexibility index (Phi) is 6.19. The zero-order valence-electron chi connectivity index (χ0n) is 16.8. The van der Waals surface area contributed by atoms with E-state index in [0.717, 1.165) is 31.2 Å². The van der Waals surface area contributed by atoms with Gasteiger partial charge in [-0.3, -0.25) is 4.79 Å². The zero-order valence-corrected chi connectivity index (χ0v) is 17.6. The van der Waals surface area contributed by atoms with Crippen molar-refractivity contribution in [3.8, 4) is 5.75 Å². The highest BCUT2D eigenvalue weighted by Gasteiger charge is 2.50. The topological polar surface area (TPSA) is 84.9 Å². The van der Waals surface area contributed by atoms with Crippen LogP contribution in [0.2, 0.25) is 0 Å². The van der Waals surface area contributed by atoms with E-state index in [1.165, 1.54) is 4.90 Å². The number of carbonyl (C=O) groups is 1. The molecule has 1 saturated heterocycles. The maximum absolute atomic E-state index is 12.9. The highest BCUT2D eigenvalue weighted by atomic mass is 32.2. The molecule has 0 radical (unpaired) electrons. The van der Waals surface area contributed by atoms with Gasteiger partial charge in [0.2, 0.25) is 0 Å². The number of carbonyl (C=O) groups excluding carboxylic acids is 1. The molecule has 2 atom stereocenters. The largest absolute Gasteiger partial charge is 0.511 e. The van der Waals surface area contributed by atoms with E-state index < -0.39 is 33.5 Å². The molecule has 1 saturated carbocycles. The minimum Gasteiger partial charge on any atom is -0.483 e. The van der Waals surface area contributed by atoms with Crippen LogP contribution in [-0.4, -0.2) is 62.7 Å². The Balaban J connectivity index is 1.58. The van der Waals surface area contributed by atoms with Crippen LogP contribution >= 0.6 is 0 Å². The van der Waals surface area contributed by atoms with Gasteiger partial charge in [0.25, 0.3) is 5.91 Å². The summed E-state index contributed by atoms with van der Waals surface area (Å²) in [7, 11) is -5.53. The van der Waals surface area contributed by atoms with Crippen LogP contribution < -0.4 is 9.46 Å². The first kappa shape index (κ1) is 22.3. The average Bonchev–Trinajstić information content (AvgIpc) is 3.12. The molecule has 3 heterocycles. The summed E-state index contributed by atoms with van der Waals surface area (Å²) in [5.74, 6) is 0.506. The molecule has 172 valence electrons. The van der Waals surface area contributed by atoms with Gasteiger partial charge in [0, 0.05) is 12.6 Å². The van der Waals surface area contributed by atoms with Gasteiger partial charge >= 0.3 is 15.5 Å². The van der Waals surface area contributed by atoms with Gasteiger partial charge in [-0.25, -0.2) is 13.1 Å². The van der Waals surface area contributed by atoms with Gasteiger partial charge in [-0.15, -0.1) is 0 Å². The Labute approximate surface area is 178 Å². The summed E-state index contributed by atoms with van der Waals surface area (Å²) in [6, 6.07) is 5.65. The third-order valence-corrected chi connectivity index (χ3v) is 7.59. The highest BCUT2D eigenvalue weighted by Crippen LogP contribution is 2.39. The molecule has 1 aliphatic carbocycles. The molecule has 3 aliphatic heterocycles. The van der Waals surface area contributed by atoms with Gasteiger partial charge in [0.15, 0.2) is 6.61 Å². The van der Waals surface area contributed by atoms with Crippen molar-refractivity contribution in [1.29, 1.82) is 0 Å². The molecular weight excluding hydrogens is 437 g/mol. The summed E-state index contributed by atoms with van der Waals surface area (Å²) in [4.78, 5) is 14.2. The minimum atomic E-state index is -5.53. The summed E-state index contributed by atoms with van der Waals surface area (Å²) in [5.41, 5.74) is -4.37. The van der Waals surface area contributed by atoms with E-state index in [4.69, 9.17) is 9.47 Å². The Bertz CT molecular complexity index is 916. The summed E-state index contributed by atoms with van der Waals surface area (Å²) in [6.07, 6.45) is 3.28. The lowest BCUT2D eigenvalue weighted by molar-refractivity contribution is -0.136. The van der Waals surface area contributed by atoms with Crippen molar-refractivity contribution in [2.45, 2.75) is 61.7 Å². The molecule has 1 amide bonds. The van der Waals surface area contributed by atoms with Gasteiger partial charge in [0.1, 0.15) is 5.75 Å². The maximum Gasteiger partial charge on any atom is 0.511 e. The fraction of sp³-hybridized carbons (Fsp3) is 0.650. The number of benzene rings is 1. The number of nitrogens with zero attached hydrogens (tertiary/aromatic N) is 1. The number of fused-ring (bicyclic) bond motifs is 5. The van der Waals surface area contributed by atoms with Crippen molar-refractivity contribution in [1.82, 2.24) is 9.62 Å². The smallest absolute Gasteiger partial charge is 0.483 e. The van der Waals surface area contributed by atoms with Crippen molar-refractivity contribution >= 4 is 15.9 Å². The van der Waals surface area contributed by atoms with E-state index in [1.807, 2.05) is 24.3 Å². The van der Waals surface area contributed by atoms with Gasteiger partial charge in [-0.05, 0) is 49.7 Å². The van der Waals surface area contributed by atoms with E-state index in [9.17, 15) is 26.4 Å². The quantitative estimate of drug-likeness (QED) is 0.730. The first-order valence-corrected chi connectivity index (χ1v) is 11.9. The van der Waals surface area contributed by atoms with Crippen LogP contribution in [0.5, 0.6) is 5.75 Å². The van der Waals surface area contributed by atoms with Crippen LogP contribution in [0.25, 0.3) is 0 Å². The third kappa shape index (κ3) is 4.68. The number of hydrogen-bond acceptors (Lipinski definition) is 5. The third-order valence-electron chi connectivity index (χ3n) is 6.36. The molecule has 0 unspecified atom stereocenters. The van der Waals surface area contributed by atoms with E-state index in [2.05, 4.69) is 0 Å². The SMILES string of the molecule is O=C1COc2ccccc2[C@H]2CC[C@H](CC2)OC[C@H]2[C@@H](NS(=O)(=O)C(F)(F)F)CCN12. The lowest BCUT2D eigenvalue weighted by Crippen LogP contribution is -2.52. The summed E-state index contributed by atoms with van der Waals surface area (Å²) < 4.78 is 75.4. The lowest BCUT2D eigenvalue weighted by Gasteiger charge is -2.32. The number of sulfonamides is 1. The van der Waals surface area contributed by atoms with Gasteiger partial charge in [0.05, 0.1) is 18.8 Å². The molecule has 1 aromatic carbocycles. The standard InChI is InChI=1S/C20H25F3N2O5S/c21-20(22,23)31(27,28)24-16-9-10-25-17(16)11-29-14-7-5-13(6-8-14)15-3-1-2-4-18(15)30-12-19(25)26/h1-4,13-14,16-17,24H,5-12H2/t13-,14+,16-,17-/m0/s1. The molecule has 2 bridgehead atoms. The molecule has 11 heteroatoms. The molecule has 4 aliphatic rings. The molecule has 2 fully saturated rings. The number of alkyl halides is 3. The number of nitrogens with one attached hydrogen (secondary N) is 1. The number of ether oxygens (including phenoxy) is 2. The zero-order chi connectivity index (χ0) is 22.2. The Morgan fingerprint density at radius 1 is 1.06 bits per heavy atom. The van der Waals surface area contributed by atoms with E-state index >= 15 is 0 Å². The summed E-state index contributed by atoms with van der Waals surface area (Å²) in [5, 5.41) is 0. The minimum absolute atomic E-state index is 0.0287. The van der Waals surface area contributed by atoms with Crippen molar-refractivity contribution in [3.63, 3.8) is 0 Å². The molecule has 1 aromatic rings. The van der Waals surface area contributed by atoms with Crippen molar-refractivity contribution in [3.05, 3.63) is 29.8 Å². The fourth-order valence-electron chi connectivity index (χ4n) is 4.72. The molecule has 1 N–H and O–H groups in total. The van der Waals surface area contributed by atoms with Crippen LogP contribution in [0.15, 0.2) is 24.3 Å². The Morgan fingerprint density at radius 3 is 2.48 bits per heavy atom. The number of hydrogen-bond donors (Lipinski definition) is 1. The second-order valence-electron chi connectivity index (χ2n) is 8.25. The van der Waals surface area contributed by atoms with Gasteiger partial charge in [-0.2, -0.15) is 13.2 Å². The monoisotopic (exact) mass is 462 g/mol. The molecule has 31 heavy (non-hydrogen) atoms. The van der Waals surface area contributed by atoms with Crippen LogP contribution in [0.3, 0.4) is 0 Å². The van der Waals surface area contributed by atoms with Crippen LogP contribution in [0, 0.1) is 0 Å². The van der Waals surface area contributed by atoms with E-state index in [0.29, 0.717) is 5.75 Å². The number of halogens is 3. The molecular formula is C20H25F3N2O5S. The predicted molar refractivity (Wildman–Crippen MR) is 105 cm³/mol. The maximum atomic E-state index is 12.9. The Morgan fingerprint density at radius 2 is 1.77 bits per heavy atom. The van der Waals surface area contributed by atoms with E-state index in [1.54, 1.807) is 4.72 Å². The molecule has 0 aromatic heterocycles. The fourth-order valence-corrected chi connectivity index (χ4v) is 5.53.